The SMILES string of the molecule is C=CCN(C(=O)C1N(CCO)C(=O)[C@@H]2[C@@H](C(=O)OCC)[C@H]3CC(C)C12S3)C(C)CCC. The molecule has 31 heavy (non-hydrogen) atoms. The Morgan fingerprint density at radius 3 is 2.74 bits per heavy atom. The topological polar surface area (TPSA) is 87.2 Å². The highest BCUT2D eigenvalue weighted by atomic mass is 32.2. The average molecular weight is 453 g/mol. The van der Waals surface area contributed by atoms with Gasteiger partial charge in [0.2, 0.25) is 11.8 Å². The third-order valence-corrected chi connectivity index (χ3v) is 9.30. The summed E-state index contributed by atoms with van der Waals surface area (Å²) in [4.78, 5) is 43.8. The number of fused-ring (bicyclic) bond motifs is 1. The minimum Gasteiger partial charge on any atom is -0.466 e. The highest BCUT2D eigenvalue weighted by Gasteiger charge is 2.76. The van der Waals surface area contributed by atoms with Gasteiger partial charge in [0, 0.05) is 24.4 Å². The lowest BCUT2D eigenvalue weighted by molar-refractivity contribution is -0.154. The second-order valence-electron chi connectivity index (χ2n) is 8.98. The standard InChI is InChI=1S/C23H36N2O5S/c1-6-9-15(5)24(10-7-2)21(28)19-23-14(4)13-16(31-23)17(22(29)30-8-3)18(23)20(27)25(19)11-12-26/h7,14-19,26H,2,6,8-13H2,1,3-5H3/t14?,15?,16-,17+,18+,19?,23?/m1/s1. The Hall–Kier alpha value is -1.54. The number of amides is 2. The number of ether oxygens (including phenoxy) is 1. The maximum absolute atomic E-state index is 14.0. The summed E-state index contributed by atoms with van der Waals surface area (Å²) in [6.07, 6.45) is 4.29. The summed E-state index contributed by atoms with van der Waals surface area (Å²) in [7, 11) is 0. The van der Waals surface area contributed by atoms with Gasteiger partial charge >= 0.3 is 5.97 Å². The van der Waals surface area contributed by atoms with Crippen molar-refractivity contribution in [3.63, 3.8) is 0 Å². The molecular weight excluding hydrogens is 416 g/mol. The zero-order chi connectivity index (χ0) is 22.9. The second-order valence-corrected chi connectivity index (χ2v) is 10.5. The van der Waals surface area contributed by atoms with Gasteiger partial charge in [0.25, 0.3) is 0 Å². The van der Waals surface area contributed by atoms with Gasteiger partial charge in [-0.05, 0) is 32.6 Å². The fourth-order valence-electron chi connectivity index (χ4n) is 6.01. The van der Waals surface area contributed by atoms with Crippen LogP contribution in [-0.4, -0.2) is 81.1 Å². The van der Waals surface area contributed by atoms with Crippen molar-refractivity contribution in [3.8, 4) is 0 Å². The van der Waals surface area contributed by atoms with Gasteiger partial charge in [0.05, 0.1) is 29.8 Å². The number of rotatable bonds is 10. The van der Waals surface area contributed by atoms with E-state index in [1.165, 1.54) is 0 Å². The van der Waals surface area contributed by atoms with E-state index in [-0.39, 0.29) is 54.8 Å². The first-order valence-corrected chi connectivity index (χ1v) is 12.3. The molecule has 4 unspecified atom stereocenters. The Balaban J connectivity index is 2.06. The highest BCUT2D eigenvalue weighted by Crippen LogP contribution is 2.68. The molecule has 3 aliphatic heterocycles. The van der Waals surface area contributed by atoms with Crippen LogP contribution >= 0.6 is 11.8 Å². The van der Waals surface area contributed by atoms with Crippen molar-refractivity contribution in [3.05, 3.63) is 12.7 Å². The molecule has 3 aliphatic rings. The van der Waals surface area contributed by atoms with E-state index >= 15 is 0 Å². The molecule has 1 N–H and O–H groups in total. The van der Waals surface area contributed by atoms with E-state index in [1.807, 2.05) is 11.8 Å². The minimum atomic E-state index is -0.694. The monoisotopic (exact) mass is 452 g/mol. The molecule has 2 amide bonds. The molecule has 1 spiro atoms. The van der Waals surface area contributed by atoms with Crippen LogP contribution in [0.2, 0.25) is 0 Å². The Kier molecular flexibility index (Phi) is 7.41. The third-order valence-electron chi connectivity index (χ3n) is 7.23. The summed E-state index contributed by atoms with van der Waals surface area (Å²) in [6.45, 7) is 12.3. The Morgan fingerprint density at radius 2 is 2.16 bits per heavy atom. The first-order valence-electron chi connectivity index (χ1n) is 11.5. The summed E-state index contributed by atoms with van der Waals surface area (Å²) in [5, 5.41) is 9.68. The Bertz CT molecular complexity index is 731. The van der Waals surface area contributed by atoms with E-state index in [1.54, 1.807) is 29.7 Å². The normalized spacial score (nSPS) is 34.5. The van der Waals surface area contributed by atoms with Gasteiger partial charge in [-0.25, -0.2) is 0 Å². The molecule has 0 aromatic carbocycles. The van der Waals surface area contributed by atoms with Gasteiger partial charge in [-0.15, -0.1) is 18.3 Å². The van der Waals surface area contributed by atoms with Crippen molar-refractivity contribution in [2.24, 2.45) is 17.8 Å². The summed E-state index contributed by atoms with van der Waals surface area (Å²) in [5.74, 6) is -1.66. The van der Waals surface area contributed by atoms with Crippen molar-refractivity contribution >= 4 is 29.5 Å². The summed E-state index contributed by atoms with van der Waals surface area (Å²) in [5.41, 5.74) is 0. The first kappa shape index (κ1) is 24.1. The van der Waals surface area contributed by atoms with Gasteiger partial charge < -0.3 is 19.6 Å². The van der Waals surface area contributed by atoms with Crippen LogP contribution in [0.25, 0.3) is 0 Å². The lowest BCUT2D eigenvalue weighted by Gasteiger charge is -2.41. The van der Waals surface area contributed by atoms with Crippen LogP contribution in [0.1, 0.15) is 47.0 Å². The molecule has 0 radical (unpaired) electrons. The number of aliphatic hydroxyl groups is 1. The maximum atomic E-state index is 14.0. The molecule has 3 saturated heterocycles. The van der Waals surface area contributed by atoms with Crippen LogP contribution in [0.4, 0.5) is 0 Å². The fourth-order valence-corrected chi connectivity index (χ4v) is 8.41. The van der Waals surface area contributed by atoms with Crippen LogP contribution in [0.5, 0.6) is 0 Å². The van der Waals surface area contributed by atoms with Crippen LogP contribution in [0, 0.1) is 17.8 Å². The van der Waals surface area contributed by atoms with Crippen LogP contribution in [0.15, 0.2) is 12.7 Å². The number of hydrogen-bond donors (Lipinski definition) is 1. The van der Waals surface area contributed by atoms with Gasteiger partial charge in [-0.2, -0.15) is 0 Å². The molecular formula is C23H36N2O5S. The maximum Gasteiger partial charge on any atom is 0.310 e. The number of nitrogens with zero attached hydrogens (tertiary/aromatic N) is 2. The summed E-state index contributed by atoms with van der Waals surface area (Å²) in [6, 6.07) is -0.683. The summed E-state index contributed by atoms with van der Waals surface area (Å²) < 4.78 is 4.66. The van der Waals surface area contributed by atoms with E-state index in [0.29, 0.717) is 6.54 Å². The van der Waals surface area contributed by atoms with Crippen molar-refractivity contribution in [2.45, 2.75) is 69.0 Å². The molecule has 0 aliphatic carbocycles. The van der Waals surface area contributed by atoms with E-state index < -0.39 is 22.6 Å². The number of β-amino-alcohol motifs (C(OH)–C–C–N with tert-alkyl or cyclic N) is 1. The zero-order valence-electron chi connectivity index (χ0n) is 19.1. The molecule has 8 heteroatoms. The molecule has 0 aromatic heterocycles. The van der Waals surface area contributed by atoms with E-state index in [0.717, 1.165) is 19.3 Å². The molecule has 0 saturated carbocycles. The van der Waals surface area contributed by atoms with Gasteiger partial charge in [0.1, 0.15) is 6.04 Å². The quantitative estimate of drug-likeness (QED) is 0.403. The number of aliphatic hydroxyl groups excluding tert-OH is 1. The number of carbonyl (C=O) groups excluding carboxylic acids is 3. The van der Waals surface area contributed by atoms with Crippen LogP contribution < -0.4 is 0 Å². The zero-order valence-corrected chi connectivity index (χ0v) is 19.9. The molecule has 0 aromatic rings. The van der Waals surface area contributed by atoms with Crippen molar-refractivity contribution in [1.29, 1.82) is 0 Å². The highest BCUT2D eigenvalue weighted by molar-refractivity contribution is 8.02. The van der Waals surface area contributed by atoms with Crippen molar-refractivity contribution in [1.82, 2.24) is 9.80 Å². The number of hydrogen-bond acceptors (Lipinski definition) is 6. The van der Waals surface area contributed by atoms with Crippen LogP contribution in [-0.2, 0) is 19.1 Å². The minimum absolute atomic E-state index is 0.0109. The average Bonchev–Trinajstić information content (AvgIpc) is 3.31. The van der Waals surface area contributed by atoms with Gasteiger partial charge in [-0.1, -0.05) is 26.3 Å². The number of esters is 1. The smallest absolute Gasteiger partial charge is 0.310 e. The van der Waals surface area contributed by atoms with E-state index in [9.17, 15) is 19.5 Å². The van der Waals surface area contributed by atoms with Crippen LogP contribution in [0.3, 0.4) is 0 Å². The Labute approximate surface area is 189 Å². The first-order chi connectivity index (χ1) is 14.8. The molecule has 3 heterocycles. The van der Waals surface area contributed by atoms with E-state index in [2.05, 4.69) is 20.4 Å². The predicted molar refractivity (Wildman–Crippen MR) is 120 cm³/mol. The number of thioether (sulfide) groups is 1. The molecule has 3 rings (SSSR count). The molecule has 7 nitrogen and oxygen atoms in total. The fraction of sp³-hybridized carbons (Fsp3) is 0.783. The molecule has 2 bridgehead atoms. The number of likely N-dealkylation sites (tertiary alicyclic amines) is 1. The van der Waals surface area contributed by atoms with Gasteiger partial charge in [-0.3, -0.25) is 14.4 Å². The predicted octanol–water partition coefficient (Wildman–Crippen LogP) is 2.08. The van der Waals surface area contributed by atoms with Crippen molar-refractivity contribution < 1.29 is 24.2 Å². The lowest BCUT2D eigenvalue weighted by atomic mass is 9.66. The Morgan fingerprint density at radius 1 is 1.45 bits per heavy atom. The van der Waals surface area contributed by atoms with E-state index in [4.69, 9.17) is 4.74 Å². The molecule has 3 fully saturated rings. The molecule has 174 valence electrons. The summed E-state index contributed by atoms with van der Waals surface area (Å²) >= 11 is 1.63. The molecule has 7 atom stereocenters. The lowest BCUT2D eigenvalue weighted by Crippen LogP contribution is -2.58. The van der Waals surface area contributed by atoms with Crippen molar-refractivity contribution in [2.75, 3.05) is 26.3 Å². The second kappa shape index (κ2) is 9.53. The largest absolute Gasteiger partial charge is 0.466 e. The third kappa shape index (κ3) is 3.69. The number of carbonyl (C=O) groups is 3. The van der Waals surface area contributed by atoms with Gasteiger partial charge in [0.15, 0.2) is 0 Å².